The van der Waals surface area contributed by atoms with E-state index in [1.807, 2.05) is 36.4 Å². The number of nitrogens with one attached hydrogen (secondary N) is 2. The van der Waals surface area contributed by atoms with Crippen LogP contribution in [-0.4, -0.2) is 17.4 Å². The van der Waals surface area contributed by atoms with Crippen molar-refractivity contribution in [3.63, 3.8) is 0 Å². The van der Waals surface area contributed by atoms with Gasteiger partial charge >= 0.3 is 0 Å². The second-order valence-corrected chi connectivity index (χ2v) is 4.86. The second kappa shape index (κ2) is 8.04. The molecule has 4 nitrogen and oxygen atoms in total. The van der Waals surface area contributed by atoms with E-state index >= 15 is 0 Å². The number of anilines is 1. The molecule has 0 aliphatic rings. The molecule has 1 aromatic heterocycles. The van der Waals surface area contributed by atoms with Crippen molar-refractivity contribution < 1.29 is 4.79 Å². The highest BCUT2D eigenvalue weighted by Gasteiger charge is 2.09. The molecule has 2 N–H and O–H groups in total. The van der Waals surface area contributed by atoms with E-state index < -0.39 is 0 Å². The summed E-state index contributed by atoms with van der Waals surface area (Å²) in [5.74, 6) is -0.0266. The molecule has 1 aromatic carbocycles. The molecule has 21 heavy (non-hydrogen) atoms. The van der Waals surface area contributed by atoms with Crippen molar-refractivity contribution in [1.82, 2.24) is 10.3 Å². The van der Waals surface area contributed by atoms with Crippen LogP contribution in [0.15, 0.2) is 48.8 Å². The Bertz CT molecular complexity index is 569. The van der Waals surface area contributed by atoms with Gasteiger partial charge in [-0.05, 0) is 36.2 Å². The first kappa shape index (κ1) is 15.0. The molecule has 110 valence electrons. The lowest BCUT2D eigenvalue weighted by Crippen LogP contribution is -2.25. The summed E-state index contributed by atoms with van der Waals surface area (Å²) in [5.41, 5.74) is 2.66. The summed E-state index contributed by atoms with van der Waals surface area (Å²) in [5, 5.41) is 6.26. The highest BCUT2D eigenvalue weighted by atomic mass is 16.1. The summed E-state index contributed by atoms with van der Waals surface area (Å²) in [7, 11) is 0. The van der Waals surface area contributed by atoms with Crippen LogP contribution in [0.5, 0.6) is 0 Å². The van der Waals surface area contributed by atoms with Gasteiger partial charge in [0.25, 0.3) is 5.91 Å². The molecule has 0 aliphatic carbocycles. The van der Waals surface area contributed by atoms with Crippen LogP contribution in [0.4, 0.5) is 5.69 Å². The zero-order valence-electron chi connectivity index (χ0n) is 12.3. The Morgan fingerprint density at radius 2 is 1.90 bits per heavy atom. The minimum atomic E-state index is -0.0266. The van der Waals surface area contributed by atoms with Crippen LogP contribution in [0.3, 0.4) is 0 Å². The van der Waals surface area contributed by atoms with Crippen LogP contribution in [0.25, 0.3) is 0 Å². The maximum atomic E-state index is 12.2. The summed E-state index contributed by atoms with van der Waals surface area (Å²) in [6.07, 6.45) is 5.60. The maximum Gasteiger partial charge on any atom is 0.253 e. The number of aromatic nitrogens is 1. The zero-order chi connectivity index (χ0) is 14.9. The Labute approximate surface area is 125 Å². The lowest BCUT2D eigenvalue weighted by Gasteiger charge is -2.12. The smallest absolute Gasteiger partial charge is 0.253 e. The minimum Gasteiger partial charge on any atom is -0.380 e. The molecule has 0 radical (unpaired) electrons. The fourth-order valence-electron chi connectivity index (χ4n) is 2.01. The summed E-state index contributed by atoms with van der Waals surface area (Å²) < 4.78 is 0. The van der Waals surface area contributed by atoms with Gasteiger partial charge < -0.3 is 10.6 Å². The lowest BCUT2D eigenvalue weighted by atomic mass is 10.1. The molecule has 1 amide bonds. The first-order chi connectivity index (χ1) is 10.3. The van der Waals surface area contributed by atoms with Gasteiger partial charge in [0.15, 0.2) is 0 Å². The van der Waals surface area contributed by atoms with Crippen molar-refractivity contribution in [3.05, 3.63) is 59.9 Å². The number of nitrogens with zero attached hydrogens (tertiary/aromatic N) is 1. The average Bonchev–Trinajstić information content (AvgIpc) is 2.54. The van der Waals surface area contributed by atoms with E-state index in [4.69, 9.17) is 0 Å². The van der Waals surface area contributed by atoms with Crippen LogP contribution in [0, 0.1) is 0 Å². The summed E-state index contributed by atoms with van der Waals surface area (Å²) >= 11 is 0. The topological polar surface area (TPSA) is 54.0 Å². The third-order valence-corrected chi connectivity index (χ3v) is 3.22. The molecule has 0 spiro atoms. The molecule has 4 heteroatoms. The number of rotatable bonds is 7. The molecule has 0 unspecified atom stereocenters. The molecule has 0 fully saturated rings. The second-order valence-electron chi connectivity index (χ2n) is 4.86. The fraction of sp³-hybridized carbons (Fsp3) is 0.294. The molecular weight excluding hydrogens is 262 g/mol. The predicted octanol–water partition coefficient (Wildman–Crippen LogP) is 3.22. The summed E-state index contributed by atoms with van der Waals surface area (Å²) in [6, 6.07) is 11.5. The Morgan fingerprint density at radius 1 is 1.14 bits per heavy atom. The Hall–Kier alpha value is -2.36. The van der Waals surface area contributed by atoms with Crippen LogP contribution in [-0.2, 0) is 6.54 Å². The van der Waals surface area contributed by atoms with E-state index in [1.165, 1.54) is 0 Å². The Morgan fingerprint density at radius 3 is 2.67 bits per heavy atom. The largest absolute Gasteiger partial charge is 0.380 e. The standard InChI is InChI=1S/C17H21N3O/c1-2-3-10-19-17(21)15-6-4-5-7-16(15)20-13-14-8-11-18-12-9-14/h4-9,11-12,20H,2-3,10,13H2,1H3,(H,19,21). The molecule has 0 bridgehead atoms. The van der Waals surface area contributed by atoms with Crippen molar-refractivity contribution in [3.8, 4) is 0 Å². The van der Waals surface area contributed by atoms with Gasteiger partial charge in [-0.2, -0.15) is 0 Å². The van der Waals surface area contributed by atoms with Gasteiger partial charge in [-0.1, -0.05) is 25.5 Å². The van der Waals surface area contributed by atoms with Gasteiger partial charge in [0.1, 0.15) is 0 Å². The SMILES string of the molecule is CCCCNC(=O)c1ccccc1NCc1ccncc1. The zero-order valence-corrected chi connectivity index (χ0v) is 12.3. The molecule has 1 heterocycles. The van der Waals surface area contributed by atoms with Gasteiger partial charge in [-0.25, -0.2) is 0 Å². The lowest BCUT2D eigenvalue weighted by molar-refractivity contribution is 0.0954. The highest BCUT2D eigenvalue weighted by molar-refractivity contribution is 5.99. The van der Waals surface area contributed by atoms with Crippen molar-refractivity contribution in [1.29, 1.82) is 0 Å². The number of carbonyl (C=O) groups is 1. The quantitative estimate of drug-likeness (QED) is 0.767. The third-order valence-electron chi connectivity index (χ3n) is 3.22. The van der Waals surface area contributed by atoms with Crippen molar-refractivity contribution >= 4 is 11.6 Å². The number of amides is 1. The predicted molar refractivity (Wildman–Crippen MR) is 85.2 cm³/mol. The highest BCUT2D eigenvalue weighted by Crippen LogP contribution is 2.16. The van der Waals surface area contributed by atoms with Crippen molar-refractivity contribution in [2.24, 2.45) is 0 Å². The van der Waals surface area contributed by atoms with E-state index in [9.17, 15) is 4.79 Å². The minimum absolute atomic E-state index is 0.0266. The maximum absolute atomic E-state index is 12.2. The number of benzene rings is 1. The number of hydrogen-bond acceptors (Lipinski definition) is 3. The fourth-order valence-corrected chi connectivity index (χ4v) is 2.01. The molecular formula is C17H21N3O. The Kier molecular flexibility index (Phi) is 5.76. The van der Waals surface area contributed by atoms with Crippen LogP contribution >= 0.6 is 0 Å². The van der Waals surface area contributed by atoms with Crippen molar-refractivity contribution in [2.45, 2.75) is 26.3 Å². The van der Waals surface area contributed by atoms with Crippen LogP contribution in [0.2, 0.25) is 0 Å². The molecule has 2 rings (SSSR count). The summed E-state index contributed by atoms with van der Waals surface area (Å²) in [6.45, 7) is 3.49. The third kappa shape index (κ3) is 4.60. The van der Waals surface area contributed by atoms with E-state index in [1.54, 1.807) is 12.4 Å². The number of unbranched alkanes of at least 4 members (excludes halogenated alkanes) is 1. The molecule has 0 saturated heterocycles. The monoisotopic (exact) mass is 283 g/mol. The molecule has 0 aliphatic heterocycles. The van der Waals surface area contributed by atoms with Gasteiger partial charge in [0.2, 0.25) is 0 Å². The first-order valence-corrected chi connectivity index (χ1v) is 7.31. The molecule has 0 atom stereocenters. The summed E-state index contributed by atoms with van der Waals surface area (Å²) in [4.78, 5) is 16.2. The number of para-hydroxylation sites is 1. The van der Waals surface area contributed by atoms with E-state index in [0.717, 1.165) is 24.1 Å². The van der Waals surface area contributed by atoms with E-state index in [-0.39, 0.29) is 5.91 Å². The van der Waals surface area contributed by atoms with Gasteiger partial charge in [0, 0.05) is 31.2 Å². The van der Waals surface area contributed by atoms with Crippen molar-refractivity contribution in [2.75, 3.05) is 11.9 Å². The average molecular weight is 283 g/mol. The first-order valence-electron chi connectivity index (χ1n) is 7.31. The Balaban J connectivity index is 2.01. The van der Waals surface area contributed by atoms with E-state index in [0.29, 0.717) is 18.7 Å². The number of pyridine rings is 1. The number of carbonyl (C=O) groups excluding carboxylic acids is 1. The van der Waals surface area contributed by atoms with Gasteiger partial charge in [-0.3, -0.25) is 9.78 Å². The molecule has 0 saturated carbocycles. The van der Waals surface area contributed by atoms with Gasteiger partial charge in [0.05, 0.1) is 5.56 Å². The van der Waals surface area contributed by atoms with E-state index in [2.05, 4.69) is 22.5 Å². The molecule has 2 aromatic rings. The van der Waals surface area contributed by atoms with Gasteiger partial charge in [-0.15, -0.1) is 0 Å². The van der Waals surface area contributed by atoms with Crippen LogP contribution < -0.4 is 10.6 Å². The normalized spacial score (nSPS) is 10.1. The van der Waals surface area contributed by atoms with Crippen LogP contribution in [0.1, 0.15) is 35.7 Å². The number of hydrogen-bond donors (Lipinski definition) is 2.